The monoisotopic (exact) mass is 291 g/mol. The van der Waals surface area contributed by atoms with Gasteiger partial charge in [-0.2, -0.15) is 0 Å². The van der Waals surface area contributed by atoms with Crippen LogP contribution in [-0.4, -0.2) is 18.0 Å². The van der Waals surface area contributed by atoms with Crippen molar-refractivity contribution in [2.45, 2.75) is 64.8 Å². The van der Waals surface area contributed by atoms with Crippen LogP contribution < -0.4 is 75.1 Å². The van der Waals surface area contributed by atoms with Gasteiger partial charge >= 0.3 is 59.1 Å². The Morgan fingerprint density at radius 3 is 1.32 bits per heavy atom. The summed E-state index contributed by atoms with van der Waals surface area (Å²) >= 11 is 0. The van der Waals surface area contributed by atoms with Crippen molar-refractivity contribution in [3.8, 4) is 0 Å². The Kier molecular flexibility index (Phi) is 31.4. The Bertz CT molecular complexity index is 196. The Balaban J connectivity index is -0.0000000866. The summed E-state index contributed by atoms with van der Waals surface area (Å²) in [4.78, 5) is 18.5. The fraction of sp³-hybridized carbons (Fsp3) is 0.833. The number of carboxylic acid groups (broad SMARTS) is 2. The summed E-state index contributed by atoms with van der Waals surface area (Å²) in [5.41, 5.74) is 5.63. The molecule has 19 heavy (non-hydrogen) atoms. The second-order valence-electron chi connectivity index (χ2n) is 3.85. The Labute approximate surface area is 160 Å². The van der Waals surface area contributed by atoms with Crippen molar-refractivity contribution in [2.75, 3.05) is 0 Å². The van der Waals surface area contributed by atoms with Crippen LogP contribution in [0.5, 0.6) is 0 Å². The van der Waals surface area contributed by atoms with Crippen molar-refractivity contribution < 1.29 is 78.9 Å². The van der Waals surface area contributed by atoms with Crippen LogP contribution in [0.2, 0.25) is 0 Å². The third-order valence-corrected chi connectivity index (χ3v) is 2.23. The molecule has 102 valence electrons. The number of hydrogen-bond donors (Lipinski definition) is 1. The maximum Gasteiger partial charge on any atom is 1.00 e. The van der Waals surface area contributed by atoms with E-state index in [4.69, 9.17) is 5.73 Å². The number of hydrogen-bond acceptors (Lipinski definition) is 5. The number of nitrogens with two attached hydrogens (primary N) is 1. The average Bonchev–Trinajstić information content (AvgIpc) is 2.31. The van der Waals surface area contributed by atoms with Gasteiger partial charge in [0.05, 0.1) is 0 Å². The van der Waals surface area contributed by atoms with Crippen LogP contribution in [0, 0.1) is 0 Å². The van der Waals surface area contributed by atoms with Crippen LogP contribution in [0.1, 0.15) is 58.8 Å². The zero-order valence-corrected chi connectivity index (χ0v) is 16.7. The maximum absolute atomic E-state index is 9.26. The smallest absolute Gasteiger partial charge is 0.550 e. The number of rotatable bonds is 2. The second-order valence-corrected chi connectivity index (χ2v) is 3.85. The summed E-state index contributed by atoms with van der Waals surface area (Å²) in [7, 11) is 0. The summed E-state index contributed by atoms with van der Waals surface area (Å²) < 4.78 is 0. The molecule has 1 aliphatic rings. The Morgan fingerprint density at radius 2 is 1.21 bits per heavy atom. The van der Waals surface area contributed by atoms with Gasteiger partial charge in [0.1, 0.15) is 0 Å². The van der Waals surface area contributed by atoms with Gasteiger partial charge in [0.25, 0.3) is 0 Å². The molecule has 0 unspecified atom stereocenters. The van der Waals surface area contributed by atoms with Crippen LogP contribution in [0.15, 0.2) is 0 Å². The average molecular weight is 291 g/mol. The summed E-state index contributed by atoms with van der Waals surface area (Å²) in [5.74, 6) is -1.99. The molecule has 0 saturated heterocycles. The molecule has 5 nitrogen and oxygen atoms in total. The van der Waals surface area contributed by atoms with Gasteiger partial charge in [-0.15, -0.1) is 0 Å². The SMILES string of the molecule is CCC(=O)[O-].CCC(=O)[O-].NC1CCCCC1.[Na+].[Na+]. The van der Waals surface area contributed by atoms with E-state index in [2.05, 4.69) is 0 Å². The van der Waals surface area contributed by atoms with E-state index in [1.807, 2.05) is 0 Å². The molecular weight excluding hydrogens is 268 g/mol. The standard InChI is InChI=1S/C6H13N.2C3H6O2.2Na/c7-6-4-2-1-3-5-6;2*1-2-3(4)5;;/h6H,1-5,7H2;2*2H2,1H3,(H,4,5);;/q;;;2*+1/p-2. The van der Waals surface area contributed by atoms with E-state index in [0.29, 0.717) is 6.04 Å². The van der Waals surface area contributed by atoms with Crippen molar-refractivity contribution >= 4 is 11.9 Å². The molecule has 0 aliphatic heterocycles. The van der Waals surface area contributed by atoms with Gasteiger partial charge in [-0.1, -0.05) is 33.1 Å². The quantitative estimate of drug-likeness (QED) is 0.509. The third kappa shape index (κ3) is 32.4. The summed E-state index contributed by atoms with van der Waals surface area (Å²) in [6.45, 7) is 3.07. The molecule has 0 heterocycles. The predicted octanol–water partition coefficient (Wildman–Crippen LogP) is -6.42. The number of aliphatic carboxylic acids is 2. The number of carbonyl (C=O) groups excluding carboxylic acids is 2. The van der Waals surface area contributed by atoms with E-state index >= 15 is 0 Å². The van der Waals surface area contributed by atoms with Crippen LogP contribution in [0.4, 0.5) is 0 Å². The molecule has 1 fully saturated rings. The first-order valence-corrected chi connectivity index (χ1v) is 6.09. The largest absolute Gasteiger partial charge is 1.00 e. The molecule has 0 aromatic heterocycles. The van der Waals surface area contributed by atoms with Gasteiger partial charge in [0.2, 0.25) is 0 Å². The van der Waals surface area contributed by atoms with Crippen LogP contribution in [-0.2, 0) is 9.59 Å². The molecule has 7 heteroatoms. The molecule has 0 aromatic carbocycles. The van der Waals surface area contributed by atoms with Crippen molar-refractivity contribution in [3.63, 3.8) is 0 Å². The number of carbonyl (C=O) groups is 2. The minimum Gasteiger partial charge on any atom is -0.550 e. The molecule has 0 amide bonds. The molecule has 0 atom stereocenters. The fourth-order valence-electron chi connectivity index (χ4n) is 1.13. The molecule has 0 aromatic rings. The second kappa shape index (κ2) is 21.2. The van der Waals surface area contributed by atoms with Crippen molar-refractivity contribution in [1.82, 2.24) is 0 Å². The predicted molar refractivity (Wildman–Crippen MR) is 61.7 cm³/mol. The van der Waals surface area contributed by atoms with Gasteiger partial charge in [0, 0.05) is 18.0 Å². The maximum atomic E-state index is 9.26. The first kappa shape index (κ1) is 28.1. The van der Waals surface area contributed by atoms with Crippen molar-refractivity contribution in [3.05, 3.63) is 0 Å². The van der Waals surface area contributed by atoms with Crippen molar-refractivity contribution in [2.24, 2.45) is 5.73 Å². The molecule has 2 N–H and O–H groups in total. The van der Waals surface area contributed by atoms with Gasteiger partial charge in [-0.3, -0.25) is 0 Å². The van der Waals surface area contributed by atoms with Gasteiger partial charge < -0.3 is 25.5 Å². The third-order valence-electron chi connectivity index (χ3n) is 2.23. The first-order valence-electron chi connectivity index (χ1n) is 6.09. The topological polar surface area (TPSA) is 106 Å². The van der Waals surface area contributed by atoms with Crippen LogP contribution in [0.25, 0.3) is 0 Å². The molecule has 1 aliphatic carbocycles. The minimum absolute atomic E-state index is 0. The van der Waals surface area contributed by atoms with Crippen LogP contribution >= 0.6 is 0 Å². The van der Waals surface area contributed by atoms with E-state index in [1.54, 1.807) is 0 Å². The summed E-state index contributed by atoms with van der Waals surface area (Å²) in [6, 6.07) is 0.536. The van der Waals surface area contributed by atoms with Gasteiger partial charge in [-0.25, -0.2) is 0 Å². The zero-order chi connectivity index (χ0) is 13.7. The Hall–Kier alpha value is 0.900. The summed E-state index contributed by atoms with van der Waals surface area (Å²) in [5, 5.41) is 18.5. The normalized spacial score (nSPS) is 13.2. The zero-order valence-electron chi connectivity index (χ0n) is 12.7. The van der Waals surface area contributed by atoms with Gasteiger partial charge in [-0.05, 0) is 25.7 Å². The van der Waals surface area contributed by atoms with Crippen molar-refractivity contribution in [1.29, 1.82) is 0 Å². The Morgan fingerprint density at radius 1 is 0.947 bits per heavy atom. The molecule has 1 saturated carbocycles. The summed E-state index contributed by atoms with van der Waals surface area (Å²) in [6.07, 6.45) is 6.88. The molecule has 0 radical (unpaired) electrons. The molecule has 0 bridgehead atoms. The van der Waals surface area contributed by atoms with E-state index in [1.165, 1.54) is 46.0 Å². The minimum atomic E-state index is -0.995. The van der Waals surface area contributed by atoms with Crippen LogP contribution in [0.3, 0.4) is 0 Å². The fourth-order valence-corrected chi connectivity index (χ4v) is 1.13. The first-order chi connectivity index (χ1) is 7.93. The van der Waals surface area contributed by atoms with E-state index < -0.39 is 11.9 Å². The van der Waals surface area contributed by atoms with E-state index in [-0.39, 0.29) is 72.0 Å². The van der Waals surface area contributed by atoms with Gasteiger partial charge in [0.15, 0.2) is 0 Å². The molecule has 1 rings (SSSR count). The number of carboxylic acids is 2. The molecular formula is C12H23NNa2O4. The molecule has 0 spiro atoms. The van der Waals surface area contributed by atoms with E-state index in [0.717, 1.165) is 0 Å². The van der Waals surface area contributed by atoms with E-state index in [9.17, 15) is 19.8 Å².